The van der Waals surface area contributed by atoms with Crippen LogP contribution in [0, 0.1) is 16.0 Å². The van der Waals surface area contributed by atoms with E-state index in [0.29, 0.717) is 18.2 Å². The standard InChI is InChI=1S/C13H19BrN2O3S/c1-10(4-3-7-19-20-2)9-15-12-8-11(14)5-6-13(12)16(17)18/h5-6,8,10,15H,3-4,7,9H2,1-2H3/t10-/m1/s1. The van der Waals surface area contributed by atoms with E-state index >= 15 is 0 Å². The number of nitrogens with zero attached hydrogens (tertiary/aromatic N) is 1. The van der Waals surface area contributed by atoms with Crippen molar-refractivity contribution in [3.05, 3.63) is 32.8 Å². The van der Waals surface area contributed by atoms with E-state index < -0.39 is 0 Å². The van der Waals surface area contributed by atoms with Gasteiger partial charge < -0.3 is 9.50 Å². The minimum Gasteiger partial charge on any atom is -0.379 e. The van der Waals surface area contributed by atoms with Crippen LogP contribution in [0.3, 0.4) is 0 Å². The third-order valence-corrected chi connectivity index (χ3v) is 3.73. The highest BCUT2D eigenvalue weighted by molar-refractivity contribution is 9.10. The summed E-state index contributed by atoms with van der Waals surface area (Å²) in [6, 6.07) is 4.91. The molecule has 112 valence electrons. The molecule has 1 aromatic carbocycles. The maximum Gasteiger partial charge on any atom is 0.292 e. The van der Waals surface area contributed by atoms with Gasteiger partial charge in [0.15, 0.2) is 0 Å². The van der Waals surface area contributed by atoms with Gasteiger partial charge in [0.1, 0.15) is 5.69 Å². The molecule has 0 aliphatic heterocycles. The smallest absolute Gasteiger partial charge is 0.292 e. The number of halogens is 1. The Morgan fingerprint density at radius 3 is 2.95 bits per heavy atom. The van der Waals surface area contributed by atoms with E-state index in [-0.39, 0.29) is 10.6 Å². The lowest BCUT2D eigenvalue weighted by molar-refractivity contribution is -0.384. The van der Waals surface area contributed by atoms with E-state index in [2.05, 4.69) is 28.2 Å². The van der Waals surface area contributed by atoms with Gasteiger partial charge in [-0.3, -0.25) is 10.1 Å². The van der Waals surface area contributed by atoms with Gasteiger partial charge in [0.25, 0.3) is 5.69 Å². The van der Waals surface area contributed by atoms with Gasteiger partial charge in [-0.2, -0.15) is 0 Å². The number of rotatable bonds is 9. The lowest BCUT2D eigenvalue weighted by Crippen LogP contribution is -2.13. The summed E-state index contributed by atoms with van der Waals surface area (Å²) in [7, 11) is 0. The Balaban J connectivity index is 2.48. The second-order valence-electron chi connectivity index (χ2n) is 4.54. The van der Waals surface area contributed by atoms with Gasteiger partial charge in [0.05, 0.1) is 11.5 Å². The van der Waals surface area contributed by atoms with Crippen LogP contribution in [0.5, 0.6) is 0 Å². The van der Waals surface area contributed by atoms with Gasteiger partial charge in [0, 0.05) is 23.3 Å². The molecule has 0 unspecified atom stereocenters. The molecule has 1 rings (SSSR count). The zero-order chi connectivity index (χ0) is 15.0. The van der Waals surface area contributed by atoms with Crippen LogP contribution in [0.15, 0.2) is 22.7 Å². The Labute approximate surface area is 132 Å². The topological polar surface area (TPSA) is 64.4 Å². The fourth-order valence-corrected chi connectivity index (χ4v) is 2.41. The van der Waals surface area contributed by atoms with Crippen LogP contribution in [0.4, 0.5) is 11.4 Å². The average molecular weight is 363 g/mol. The fourth-order valence-electron chi connectivity index (χ4n) is 1.77. The van der Waals surface area contributed by atoms with Gasteiger partial charge in [-0.05, 0) is 42.9 Å². The zero-order valence-electron chi connectivity index (χ0n) is 11.6. The molecule has 5 nitrogen and oxygen atoms in total. The van der Waals surface area contributed by atoms with E-state index in [4.69, 9.17) is 4.18 Å². The third-order valence-electron chi connectivity index (χ3n) is 2.84. The number of nitro groups is 1. The number of nitrogens with one attached hydrogen (secondary N) is 1. The van der Waals surface area contributed by atoms with Crippen molar-refractivity contribution in [1.82, 2.24) is 0 Å². The van der Waals surface area contributed by atoms with E-state index in [9.17, 15) is 10.1 Å². The molecule has 0 fully saturated rings. The molecule has 0 radical (unpaired) electrons. The van der Waals surface area contributed by atoms with E-state index in [1.807, 2.05) is 6.26 Å². The lowest BCUT2D eigenvalue weighted by atomic mass is 10.1. The summed E-state index contributed by atoms with van der Waals surface area (Å²) in [6.45, 7) is 3.56. The number of anilines is 1. The first-order valence-corrected chi connectivity index (χ1v) is 8.32. The average Bonchev–Trinajstić information content (AvgIpc) is 2.41. The largest absolute Gasteiger partial charge is 0.379 e. The summed E-state index contributed by atoms with van der Waals surface area (Å²) >= 11 is 4.70. The fraction of sp³-hybridized carbons (Fsp3) is 0.538. The Kier molecular flexibility index (Phi) is 7.94. The maximum atomic E-state index is 11.0. The zero-order valence-corrected chi connectivity index (χ0v) is 14.0. The predicted molar refractivity (Wildman–Crippen MR) is 87.2 cm³/mol. The minimum atomic E-state index is -0.369. The normalized spacial score (nSPS) is 12.2. The van der Waals surface area contributed by atoms with Crippen molar-refractivity contribution in [3.8, 4) is 0 Å². The summed E-state index contributed by atoms with van der Waals surface area (Å²) in [4.78, 5) is 10.6. The monoisotopic (exact) mass is 362 g/mol. The number of benzene rings is 1. The van der Waals surface area contributed by atoms with Crippen molar-refractivity contribution >= 4 is 39.3 Å². The highest BCUT2D eigenvalue weighted by atomic mass is 79.9. The van der Waals surface area contributed by atoms with Crippen LogP contribution >= 0.6 is 28.0 Å². The SMILES string of the molecule is CSOCCC[C@@H](C)CNc1cc(Br)ccc1[N+](=O)[O-]. The van der Waals surface area contributed by atoms with Crippen molar-refractivity contribution in [2.24, 2.45) is 5.92 Å². The molecule has 20 heavy (non-hydrogen) atoms. The van der Waals surface area contributed by atoms with Crippen LogP contribution in [-0.2, 0) is 4.18 Å². The van der Waals surface area contributed by atoms with E-state index in [0.717, 1.165) is 23.9 Å². The molecule has 0 aliphatic rings. The number of hydrogen-bond donors (Lipinski definition) is 1. The predicted octanol–water partition coefficient (Wildman–Crippen LogP) is 4.48. The molecule has 0 heterocycles. The quantitative estimate of drug-likeness (QED) is 0.303. The molecule has 7 heteroatoms. The lowest BCUT2D eigenvalue weighted by Gasteiger charge is -2.13. The van der Waals surface area contributed by atoms with Crippen molar-refractivity contribution in [2.45, 2.75) is 19.8 Å². The molecule has 1 N–H and O–H groups in total. The second kappa shape index (κ2) is 9.20. The molecule has 0 aromatic heterocycles. The molecule has 1 atom stereocenters. The molecule has 0 bridgehead atoms. The first kappa shape index (κ1) is 17.3. The summed E-state index contributed by atoms with van der Waals surface area (Å²) in [5.74, 6) is 0.430. The van der Waals surface area contributed by atoms with Gasteiger partial charge in [-0.25, -0.2) is 0 Å². The van der Waals surface area contributed by atoms with Crippen LogP contribution in [-0.4, -0.2) is 24.3 Å². The highest BCUT2D eigenvalue weighted by Crippen LogP contribution is 2.28. The van der Waals surface area contributed by atoms with Crippen molar-refractivity contribution in [3.63, 3.8) is 0 Å². The Morgan fingerprint density at radius 1 is 1.55 bits per heavy atom. The molecular formula is C13H19BrN2O3S. The van der Waals surface area contributed by atoms with Gasteiger partial charge >= 0.3 is 0 Å². The van der Waals surface area contributed by atoms with Crippen LogP contribution in [0.25, 0.3) is 0 Å². The van der Waals surface area contributed by atoms with Gasteiger partial charge in [-0.1, -0.05) is 22.9 Å². The Morgan fingerprint density at radius 2 is 2.30 bits per heavy atom. The highest BCUT2D eigenvalue weighted by Gasteiger charge is 2.14. The minimum absolute atomic E-state index is 0.103. The first-order valence-electron chi connectivity index (χ1n) is 6.38. The third kappa shape index (κ3) is 6.11. The maximum absolute atomic E-state index is 11.0. The van der Waals surface area contributed by atoms with E-state index in [1.54, 1.807) is 12.1 Å². The molecule has 0 amide bonds. The Bertz CT molecular complexity index is 446. The Hall–Kier alpha value is -0.790. The van der Waals surface area contributed by atoms with Gasteiger partial charge in [-0.15, -0.1) is 0 Å². The molecule has 0 spiro atoms. The van der Waals surface area contributed by atoms with Gasteiger partial charge in [0.2, 0.25) is 0 Å². The summed E-state index contributed by atoms with van der Waals surface area (Å²) in [6.07, 6.45) is 3.91. The van der Waals surface area contributed by atoms with Crippen LogP contribution in [0.1, 0.15) is 19.8 Å². The molecule has 1 aromatic rings. The second-order valence-corrected chi connectivity index (χ2v) is 6.02. The van der Waals surface area contributed by atoms with E-state index in [1.165, 1.54) is 18.1 Å². The number of hydrogen-bond acceptors (Lipinski definition) is 5. The van der Waals surface area contributed by atoms with Crippen molar-refractivity contribution in [2.75, 3.05) is 24.7 Å². The summed E-state index contributed by atoms with van der Waals surface area (Å²) in [5.41, 5.74) is 0.655. The molecule has 0 saturated carbocycles. The molecular weight excluding hydrogens is 344 g/mol. The first-order chi connectivity index (χ1) is 9.54. The van der Waals surface area contributed by atoms with Crippen molar-refractivity contribution < 1.29 is 9.11 Å². The van der Waals surface area contributed by atoms with Crippen LogP contribution in [0.2, 0.25) is 0 Å². The molecule has 0 saturated heterocycles. The summed E-state index contributed by atoms with van der Waals surface area (Å²) in [5, 5.41) is 14.1. The molecule has 0 aliphatic carbocycles. The van der Waals surface area contributed by atoms with Crippen LogP contribution < -0.4 is 5.32 Å². The summed E-state index contributed by atoms with van der Waals surface area (Å²) < 4.78 is 6.04. The number of nitro benzene ring substituents is 1. The van der Waals surface area contributed by atoms with Crippen molar-refractivity contribution in [1.29, 1.82) is 0 Å².